The zero-order valence-electron chi connectivity index (χ0n) is 8.82. The van der Waals surface area contributed by atoms with E-state index in [1.54, 1.807) is 13.8 Å². The summed E-state index contributed by atoms with van der Waals surface area (Å²) < 4.78 is 22.9. The van der Waals surface area contributed by atoms with Gasteiger partial charge in [0.05, 0.1) is 23.6 Å². The van der Waals surface area contributed by atoms with E-state index >= 15 is 0 Å². The Bertz CT molecular complexity index is 211. The van der Waals surface area contributed by atoms with Gasteiger partial charge in [-0.3, -0.25) is 4.57 Å². The summed E-state index contributed by atoms with van der Waals surface area (Å²) in [4.78, 5) is 0. The van der Waals surface area contributed by atoms with Gasteiger partial charge < -0.3 is 9.05 Å². The van der Waals surface area contributed by atoms with E-state index in [1.807, 2.05) is 6.92 Å². The van der Waals surface area contributed by atoms with Crippen molar-refractivity contribution in [2.24, 2.45) is 0 Å². The van der Waals surface area contributed by atoms with Crippen LogP contribution in [0.5, 0.6) is 0 Å². The smallest absolute Gasteiger partial charge is 0.309 e. The molecule has 0 spiro atoms. The first-order valence-corrected chi connectivity index (χ1v) is 7.73. The van der Waals surface area contributed by atoms with Gasteiger partial charge in [-0.2, -0.15) is 0 Å². The van der Waals surface area contributed by atoms with Gasteiger partial charge in [-0.1, -0.05) is 19.1 Å². The molecule has 0 unspecified atom stereocenters. The molecule has 84 valence electrons. The Labute approximate surface area is 95.5 Å². The molecular formula is C8H17O3PS2. The number of rotatable bonds is 7. The van der Waals surface area contributed by atoms with Crippen molar-refractivity contribution in [3.8, 4) is 0 Å². The van der Waals surface area contributed by atoms with Crippen LogP contribution in [-0.4, -0.2) is 29.3 Å². The molecule has 0 atom stereocenters. The molecule has 0 radical (unpaired) electrons. The maximum absolute atomic E-state index is 12.0. The molecule has 0 aromatic rings. The molecule has 3 nitrogen and oxygen atoms in total. The van der Waals surface area contributed by atoms with Crippen LogP contribution in [0.15, 0.2) is 0 Å². The Hall–Kier alpha value is 0.590. The third-order valence-electron chi connectivity index (χ3n) is 1.28. The minimum atomic E-state index is -2.97. The summed E-state index contributed by atoms with van der Waals surface area (Å²) >= 11 is 6.57. The van der Waals surface area contributed by atoms with Crippen LogP contribution in [0.2, 0.25) is 0 Å². The van der Waals surface area contributed by atoms with E-state index in [-0.39, 0.29) is 6.16 Å². The third kappa shape index (κ3) is 6.14. The van der Waals surface area contributed by atoms with Gasteiger partial charge in [0, 0.05) is 0 Å². The Morgan fingerprint density at radius 3 is 2.14 bits per heavy atom. The van der Waals surface area contributed by atoms with Crippen LogP contribution in [0.25, 0.3) is 0 Å². The van der Waals surface area contributed by atoms with E-state index in [1.165, 1.54) is 11.8 Å². The maximum atomic E-state index is 12.0. The fraction of sp³-hybridized carbons (Fsp3) is 0.875. The summed E-state index contributed by atoms with van der Waals surface area (Å²) in [5, 5.41) is 0. The molecule has 0 aliphatic heterocycles. The van der Waals surface area contributed by atoms with Crippen LogP contribution in [0.1, 0.15) is 20.8 Å². The molecule has 0 aromatic heterocycles. The standard InChI is InChI=1S/C8H17O3PS2/c1-4-10-12(9,11-5-2)7-8(13)14-6-3/h4-7H2,1-3H3. The van der Waals surface area contributed by atoms with Gasteiger partial charge in [0.25, 0.3) is 0 Å². The normalized spacial score (nSPS) is 11.6. The van der Waals surface area contributed by atoms with E-state index in [0.29, 0.717) is 17.4 Å². The second-order valence-electron chi connectivity index (χ2n) is 2.41. The zero-order valence-corrected chi connectivity index (χ0v) is 11.3. The van der Waals surface area contributed by atoms with Crippen LogP contribution < -0.4 is 0 Å². The molecule has 0 heterocycles. The van der Waals surface area contributed by atoms with Gasteiger partial charge >= 0.3 is 7.60 Å². The van der Waals surface area contributed by atoms with Crippen LogP contribution in [0, 0.1) is 0 Å². The largest absolute Gasteiger partial charge is 0.336 e. The summed E-state index contributed by atoms with van der Waals surface area (Å²) in [6.07, 6.45) is 0.239. The highest BCUT2D eigenvalue weighted by atomic mass is 32.2. The first-order chi connectivity index (χ1) is 6.58. The summed E-state index contributed by atoms with van der Waals surface area (Å²) in [6.45, 7) is 6.36. The van der Waals surface area contributed by atoms with E-state index in [2.05, 4.69) is 0 Å². The van der Waals surface area contributed by atoms with Crippen molar-refractivity contribution < 1.29 is 13.6 Å². The topological polar surface area (TPSA) is 35.5 Å². The van der Waals surface area contributed by atoms with Crippen molar-refractivity contribution in [3.05, 3.63) is 0 Å². The van der Waals surface area contributed by atoms with Crippen LogP contribution in [-0.2, 0) is 13.6 Å². The highest BCUT2D eigenvalue weighted by molar-refractivity contribution is 8.23. The fourth-order valence-corrected chi connectivity index (χ4v) is 4.24. The SMILES string of the molecule is CCOP(=O)(CC(=S)SCC)OCC. The molecule has 0 saturated heterocycles. The molecule has 0 aromatic carbocycles. The van der Waals surface area contributed by atoms with Crippen molar-refractivity contribution in [1.82, 2.24) is 0 Å². The summed E-state index contributed by atoms with van der Waals surface area (Å²) in [5.41, 5.74) is 0. The molecule has 0 aliphatic carbocycles. The number of hydrogen-bond acceptors (Lipinski definition) is 5. The monoisotopic (exact) mass is 256 g/mol. The Morgan fingerprint density at radius 1 is 1.29 bits per heavy atom. The summed E-state index contributed by atoms with van der Waals surface area (Å²) in [7, 11) is -2.97. The quantitative estimate of drug-likeness (QED) is 0.515. The predicted octanol–water partition coefficient (Wildman–Crippen LogP) is 3.33. The summed E-state index contributed by atoms with van der Waals surface area (Å²) in [5.74, 6) is 0.886. The average molecular weight is 256 g/mol. The molecular weight excluding hydrogens is 239 g/mol. The van der Waals surface area contributed by atoms with Gasteiger partial charge in [-0.15, -0.1) is 11.8 Å². The van der Waals surface area contributed by atoms with E-state index in [9.17, 15) is 4.57 Å². The molecule has 0 aliphatic rings. The van der Waals surface area contributed by atoms with Gasteiger partial charge in [0.15, 0.2) is 0 Å². The molecule has 6 heteroatoms. The first-order valence-electron chi connectivity index (χ1n) is 4.61. The molecule has 14 heavy (non-hydrogen) atoms. The molecule has 0 amide bonds. The number of thiocarbonyl (C=S) groups is 1. The molecule has 0 saturated carbocycles. The van der Waals surface area contributed by atoms with Crippen molar-refractivity contribution in [3.63, 3.8) is 0 Å². The molecule has 0 bridgehead atoms. The third-order valence-corrected chi connectivity index (χ3v) is 4.97. The number of thioether (sulfide) groups is 1. The molecule has 0 fully saturated rings. The molecule has 0 rings (SSSR count). The summed E-state index contributed by atoms with van der Waals surface area (Å²) in [6, 6.07) is 0. The van der Waals surface area contributed by atoms with Crippen molar-refractivity contribution >= 4 is 35.8 Å². The van der Waals surface area contributed by atoms with Gasteiger partial charge in [0.1, 0.15) is 0 Å². The van der Waals surface area contributed by atoms with Gasteiger partial charge in [0.2, 0.25) is 0 Å². The first kappa shape index (κ1) is 14.6. The zero-order chi connectivity index (χ0) is 11.0. The lowest BCUT2D eigenvalue weighted by molar-refractivity contribution is 0.223. The van der Waals surface area contributed by atoms with E-state index in [0.717, 1.165) is 5.75 Å². The van der Waals surface area contributed by atoms with Crippen LogP contribution in [0.4, 0.5) is 0 Å². The predicted molar refractivity (Wildman–Crippen MR) is 66.5 cm³/mol. The highest BCUT2D eigenvalue weighted by Gasteiger charge is 2.25. The van der Waals surface area contributed by atoms with Crippen molar-refractivity contribution in [2.75, 3.05) is 25.1 Å². The van der Waals surface area contributed by atoms with Gasteiger partial charge in [-0.05, 0) is 19.6 Å². The van der Waals surface area contributed by atoms with Crippen LogP contribution >= 0.6 is 31.6 Å². The Morgan fingerprint density at radius 2 is 1.79 bits per heavy atom. The molecule has 0 N–H and O–H groups in total. The van der Waals surface area contributed by atoms with Crippen molar-refractivity contribution in [2.45, 2.75) is 20.8 Å². The fourth-order valence-electron chi connectivity index (χ4n) is 0.887. The second kappa shape index (κ2) is 7.83. The van der Waals surface area contributed by atoms with Crippen molar-refractivity contribution in [1.29, 1.82) is 0 Å². The second-order valence-corrected chi connectivity index (χ2v) is 6.57. The van der Waals surface area contributed by atoms with Gasteiger partial charge in [-0.25, -0.2) is 0 Å². The Balaban J connectivity index is 4.21. The average Bonchev–Trinajstić information content (AvgIpc) is 2.04. The maximum Gasteiger partial charge on any atom is 0.336 e. The lowest BCUT2D eigenvalue weighted by Crippen LogP contribution is -2.05. The minimum Gasteiger partial charge on any atom is -0.309 e. The minimum absolute atomic E-state index is 0.239. The highest BCUT2D eigenvalue weighted by Crippen LogP contribution is 2.48. The lowest BCUT2D eigenvalue weighted by atomic mass is 10.9. The van der Waals surface area contributed by atoms with E-state index in [4.69, 9.17) is 21.3 Å². The Kier molecular flexibility index (Phi) is 8.16. The number of hydrogen-bond donors (Lipinski definition) is 0. The van der Waals surface area contributed by atoms with E-state index < -0.39 is 7.60 Å². The lowest BCUT2D eigenvalue weighted by Gasteiger charge is -2.16. The van der Waals surface area contributed by atoms with Crippen LogP contribution in [0.3, 0.4) is 0 Å².